The summed E-state index contributed by atoms with van der Waals surface area (Å²) in [5, 5.41) is 3.96. The second-order valence-electron chi connectivity index (χ2n) is 4.78. The van der Waals surface area contributed by atoms with Gasteiger partial charge in [-0.05, 0) is 40.0 Å². The number of aromatic nitrogens is 1. The van der Waals surface area contributed by atoms with Crippen molar-refractivity contribution < 1.29 is 8.42 Å². The van der Waals surface area contributed by atoms with Crippen LogP contribution in [0.3, 0.4) is 0 Å². The van der Waals surface area contributed by atoms with Crippen molar-refractivity contribution in [3.05, 3.63) is 32.6 Å². The Labute approximate surface area is 133 Å². The van der Waals surface area contributed by atoms with Gasteiger partial charge in [0.25, 0.3) is 10.0 Å². The molecule has 116 valence electrons. The molecule has 0 aliphatic rings. The average Bonchev–Trinajstić information content (AvgIpc) is 2.96. The summed E-state index contributed by atoms with van der Waals surface area (Å²) in [6.45, 7) is 6.34. The van der Waals surface area contributed by atoms with E-state index >= 15 is 0 Å². The molecule has 0 radical (unpaired) electrons. The predicted octanol–water partition coefficient (Wildman–Crippen LogP) is 2.58. The molecule has 0 fully saturated rings. The lowest BCUT2D eigenvalue weighted by atomic mass is 10.2. The Morgan fingerprint density at radius 3 is 2.57 bits per heavy atom. The number of hydrogen-bond donors (Lipinski definition) is 2. The molecule has 2 rings (SSSR count). The van der Waals surface area contributed by atoms with Gasteiger partial charge in [0, 0.05) is 16.3 Å². The lowest BCUT2D eigenvalue weighted by Crippen LogP contribution is -2.26. The number of rotatable bonds is 6. The van der Waals surface area contributed by atoms with Gasteiger partial charge in [-0.15, -0.1) is 22.7 Å². The topological polar surface area (TPSA) is 71.1 Å². The first kappa shape index (κ1) is 16.6. The first-order valence-electron chi connectivity index (χ1n) is 6.53. The Kier molecular flexibility index (Phi) is 5.15. The van der Waals surface area contributed by atoms with Gasteiger partial charge in [-0.3, -0.25) is 0 Å². The Balaban J connectivity index is 2.18. The Bertz CT molecular complexity index is 719. The smallest absolute Gasteiger partial charge is 0.250 e. The fourth-order valence-corrected chi connectivity index (χ4v) is 5.67. The third kappa shape index (κ3) is 3.89. The summed E-state index contributed by atoms with van der Waals surface area (Å²) in [4.78, 5) is 6.30. The molecule has 5 nitrogen and oxygen atoms in total. The van der Waals surface area contributed by atoms with Crippen LogP contribution in [0.25, 0.3) is 0 Å². The molecular formula is C13H19N3O2S3. The monoisotopic (exact) mass is 345 g/mol. The van der Waals surface area contributed by atoms with E-state index in [-0.39, 0.29) is 6.04 Å². The van der Waals surface area contributed by atoms with E-state index in [9.17, 15) is 8.42 Å². The van der Waals surface area contributed by atoms with Gasteiger partial charge in [-0.25, -0.2) is 18.1 Å². The molecule has 2 aromatic rings. The minimum Gasteiger partial charge on any atom is -0.315 e. The van der Waals surface area contributed by atoms with Gasteiger partial charge in [0.05, 0.1) is 16.7 Å². The highest BCUT2D eigenvalue weighted by Crippen LogP contribution is 2.27. The van der Waals surface area contributed by atoms with E-state index in [0.29, 0.717) is 10.8 Å². The van der Waals surface area contributed by atoms with Crippen LogP contribution in [0.15, 0.2) is 16.3 Å². The lowest BCUT2D eigenvalue weighted by Gasteiger charge is -2.12. The molecule has 0 saturated heterocycles. The summed E-state index contributed by atoms with van der Waals surface area (Å²) in [6, 6.07) is 3.20. The van der Waals surface area contributed by atoms with Gasteiger partial charge in [-0.2, -0.15) is 0 Å². The number of aryl methyl sites for hydroxylation is 2. The maximum atomic E-state index is 12.4. The van der Waals surface area contributed by atoms with Crippen molar-refractivity contribution in [2.75, 3.05) is 7.05 Å². The number of hydrogen-bond acceptors (Lipinski definition) is 6. The SMILES string of the molecule is CNCc1ccc(S(=O)(=O)NC(C)c2sc(C)nc2C)s1. The molecule has 2 N–H and O–H groups in total. The van der Waals surface area contributed by atoms with Crippen molar-refractivity contribution in [2.24, 2.45) is 0 Å². The molecule has 0 aliphatic carbocycles. The highest BCUT2D eigenvalue weighted by atomic mass is 32.2. The molecule has 1 unspecified atom stereocenters. The largest absolute Gasteiger partial charge is 0.315 e. The zero-order chi connectivity index (χ0) is 15.6. The number of nitrogens with zero attached hydrogens (tertiary/aromatic N) is 1. The Hall–Kier alpha value is -0.800. The van der Waals surface area contributed by atoms with E-state index in [1.807, 2.05) is 33.9 Å². The molecule has 0 spiro atoms. The van der Waals surface area contributed by atoms with Crippen LogP contribution in [0.5, 0.6) is 0 Å². The molecule has 0 saturated carbocycles. The van der Waals surface area contributed by atoms with Gasteiger partial charge in [0.1, 0.15) is 4.21 Å². The summed E-state index contributed by atoms with van der Waals surface area (Å²) < 4.78 is 27.9. The van der Waals surface area contributed by atoms with E-state index in [2.05, 4.69) is 15.0 Å². The number of nitrogens with one attached hydrogen (secondary N) is 2. The number of thiazole rings is 1. The van der Waals surface area contributed by atoms with Crippen molar-refractivity contribution in [3.63, 3.8) is 0 Å². The highest BCUT2D eigenvalue weighted by molar-refractivity contribution is 7.91. The summed E-state index contributed by atoms with van der Waals surface area (Å²) in [5.41, 5.74) is 0.884. The normalized spacial score (nSPS) is 13.5. The van der Waals surface area contributed by atoms with E-state index < -0.39 is 10.0 Å². The van der Waals surface area contributed by atoms with Crippen LogP contribution in [0.4, 0.5) is 0 Å². The fourth-order valence-electron chi connectivity index (χ4n) is 2.07. The van der Waals surface area contributed by atoms with Gasteiger partial charge in [0.15, 0.2) is 0 Å². The third-order valence-electron chi connectivity index (χ3n) is 2.92. The lowest BCUT2D eigenvalue weighted by molar-refractivity contribution is 0.570. The highest BCUT2D eigenvalue weighted by Gasteiger charge is 2.22. The van der Waals surface area contributed by atoms with Gasteiger partial charge < -0.3 is 5.32 Å². The number of sulfonamides is 1. The first-order valence-corrected chi connectivity index (χ1v) is 9.64. The molecule has 8 heteroatoms. The quantitative estimate of drug-likeness (QED) is 0.844. The van der Waals surface area contributed by atoms with Gasteiger partial charge >= 0.3 is 0 Å². The van der Waals surface area contributed by atoms with Crippen molar-refractivity contribution in [3.8, 4) is 0 Å². The maximum absolute atomic E-state index is 12.4. The average molecular weight is 346 g/mol. The van der Waals surface area contributed by atoms with Crippen LogP contribution < -0.4 is 10.0 Å². The van der Waals surface area contributed by atoms with Crippen molar-refractivity contribution in [1.29, 1.82) is 0 Å². The molecule has 1 atom stereocenters. The molecule has 21 heavy (non-hydrogen) atoms. The summed E-state index contributed by atoms with van der Waals surface area (Å²) in [7, 11) is -1.66. The van der Waals surface area contributed by atoms with E-state index in [1.54, 1.807) is 6.07 Å². The molecule has 0 bridgehead atoms. The third-order valence-corrected chi connectivity index (χ3v) is 7.29. The standard InChI is InChI=1S/C13H19N3O2S3/c1-8-13(19-10(3)15-8)9(2)16-21(17,18)12-6-5-11(20-12)7-14-4/h5-6,9,14,16H,7H2,1-4H3. The van der Waals surface area contributed by atoms with Crippen LogP contribution >= 0.6 is 22.7 Å². The molecule has 0 amide bonds. The molecule has 2 aromatic heterocycles. The molecule has 0 aromatic carbocycles. The summed E-state index contributed by atoms with van der Waals surface area (Å²) in [5.74, 6) is 0. The summed E-state index contributed by atoms with van der Waals surface area (Å²) >= 11 is 2.81. The van der Waals surface area contributed by atoms with E-state index in [0.717, 1.165) is 20.5 Å². The minimum absolute atomic E-state index is 0.281. The van der Waals surface area contributed by atoms with Crippen LogP contribution in [0.1, 0.15) is 33.4 Å². The second-order valence-corrected chi connectivity index (χ2v) is 9.12. The van der Waals surface area contributed by atoms with E-state index in [4.69, 9.17) is 0 Å². The number of thiophene rings is 1. The van der Waals surface area contributed by atoms with Gasteiger partial charge in [-0.1, -0.05) is 0 Å². The van der Waals surface area contributed by atoms with Crippen LogP contribution in [0.2, 0.25) is 0 Å². The zero-order valence-corrected chi connectivity index (χ0v) is 14.9. The van der Waals surface area contributed by atoms with E-state index in [1.165, 1.54) is 22.7 Å². The fraction of sp³-hybridized carbons (Fsp3) is 0.462. The molecule has 2 heterocycles. The first-order chi connectivity index (χ1) is 9.83. The van der Waals surface area contributed by atoms with Gasteiger partial charge in [0.2, 0.25) is 0 Å². The van der Waals surface area contributed by atoms with Crippen LogP contribution in [-0.2, 0) is 16.6 Å². The summed E-state index contributed by atoms with van der Waals surface area (Å²) in [6.07, 6.45) is 0. The van der Waals surface area contributed by atoms with Crippen LogP contribution in [0, 0.1) is 13.8 Å². The van der Waals surface area contributed by atoms with Crippen molar-refractivity contribution in [1.82, 2.24) is 15.0 Å². The predicted molar refractivity (Wildman–Crippen MR) is 87.4 cm³/mol. The zero-order valence-electron chi connectivity index (χ0n) is 12.4. The van der Waals surface area contributed by atoms with Crippen molar-refractivity contribution in [2.45, 2.75) is 37.6 Å². The van der Waals surface area contributed by atoms with Crippen LogP contribution in [-0.4, -0.2) is 20.4 Å². The Morgan fingerprint density at radius 2 is 2.00 bits per heavy atom. The molecular weight excluding hydrogens is 326 g/mol. The minimum atomic E-state index is -3.49. The second kappa shape index (κ2) is 6.53. The molecule has 0 aliphatic heterocycles. The van der Waals surface area contributed by atoms with Crippen molar-refractivity contribution >= 4 is 32.7 Å². The Morgan fingerprint density at radius 1 is 1.29 bits per heavy atom. The maximum Gasteiger partial charge on any atom is 0.250 e.